The molecule has 1 amide bonds. The summed E-state index contributed by atoms with van der Waals surface area (Å²) >= 11 is 8.44. The lowest BCUT2D eigenvalue weighted by atomic mass is 10.2. The maximum absolute atomic E-state index is 12.2. The summed E-state index contributed by atoms with van der Waals surface area (Å²) in [6.07, 6.45) is 1.70. The highest BCUT2D eigenvalue weighted by Crippen LogP contribution is 2.26. The predicted molar refractivity (Wildman–Crippen MR) is 109 cm³/mol. The van der Waals surface area contributed by atoms with Crippen molar-refractivity contribution >= 4 is 46.4 Å². The second kappa shape index (κ2) is 8.51. The Morgan fingerprint density at radius 3 is 2.82 bits per heavy atom. The Morgan fingerprint density at radius 2 is 2.04 bits per heavy atom. The number of hydrogen-bond acceptors (Lipinski definition) is 8. The first-order valence-corrected chi connectivity index (χ1v) is 10.3. The summed E-state index contributed by atoms with van der Waals surface area (Å²) in [7, 11) is 0. The number of pyridine rings is 1. The second-order valence-corrected chi connectivity index (χ2v) is 7.69. The van der Waals surface area contributed by atoms with Gasteiger partial charge in [0.25, 0.3) is 5.22 Å². The molecule has 0 saturated carbocycles. The Morgan fingerprint density at radius 1 is 1.18 bits per heavy atom. The van der Waals surface area contributed by atoms with Gasteiger partial charge in [0, 0.05) is 22.2 Å². The summed E-state index contributed by atoms with van der Waals surface area (Å²) in [5.74, 6) is 0.774. The van der Waals surface area contributed by atoms with Gasteiger partial charge in [0.2, 0.25) is 11.8 Å². The number of benzene rings is 1. The average Bonchev–Trinajstić information content (AvgIpc) is 3.37. The number of hydrogen-bond donors (Lipinski definition) is 1. The van der Waals surface area contributed by atoms with E-state index < -0.39 is 0 Å². The first-order valence-electron chi connectivity index (χ1n) is 8.06. The lowest BCUT2D eigenvalue weighted by Crippen LogP contribution is -2.14. The van der Waals surface area contributed by atoms with Gasteiger partial charge in [-0.05, 0) is 36.4 Å². The number of thiazole rings is 1. The van der Waals surface area contributed by atoms with Crippen molar-refractivity contribution in [1.82, 2.24) is 20.2 Å². The van der Waals surface area contributed by atoms with Crippen LogP contribution in [0.4, 0.5) is 5.82 Å². The van der Waals surface area contributed by atoms with Gasteiger partial charge < -0.3 is 9.73 Å². The van der Waals surface area contributed by atoms with Crippen LogP contribution in [-0.4, -0.2) is 31.8 Å². The molecule has 140 valence electrons. The summed E-state index contributed by atoms with van der Waals surface area (Å²) in [5, 5.41) is 14.1. The largest absolute Gasteiger partial charge is 0.411 e. The molecule has 0 bridgehead atoms. The molecule has 28 heavy (non-hydrogen) atoms. The van der Waals surface area contributed by atoms with Crippen molar-refractivity contribution in [2.24, 2.45) is 0 Å². The van der Waals surface area contributed by atoms with Gasteiger partial charge >= 0.3 is 0 Å². The smallest absolute Gasteiger partial charge is 0.277 e. The molecule has 3 aromatic heterocycles. The van der Waals surface area contributed by atoms with E-state index in [1.54, 1.807) is 35.8 Å². The highest BCUT2D eigenvalue weighted by atomic mass is 35.5. The van der Waals surface area contributed by atoms with Crippen LogP contribution in [0.1, 0.15) is 0 Å². The maximum Gasteiger partial charge on any atom is 0.277 e. The molecule has 0 aliphatic rings. The Balaban J connectivity index is 1.33. The van der Waals surface area contributed by atoms with Gasteiger partial charge in [0.15, 0.2) is 0 Å². The van der Waals surface area contributed by atoms with E-state index >= 15 is 0 Å². The van der Waals surface area contributed by atoms with E-state index in [2.05, 4.69) is 25.5 Å². The number of carbonyl (C=O) groups excluding carboxylic acids is 1. The Labute approximate surface area is 173 Å². The number of thioether (sulfide) groups is 1. The molecule has 7 nitrogen and oxygen atoms in total. The molecule has 3 heterocycles. The van der Waals surface area contributed by atoms with Crippen LogP contribution in [0.2, 0.25) is 5.02 Å². The quantitative estimate of drug-likeness (QED) is 0.446. The van der Waals surface area contributed by atoms with Gasteiger partial charge in [-0.15, -0.1) is 21.5 Å². The molecule has 4 aromatic rings. The zero-order chi connectivity index (χ0) is 19.3. The van der Waals surface area contributed by atoms with Gasteiger partial charge in [-0.3, -0.25) is 9.78 Å². The van der Waals surface area contributed by atoms with Gasteiger partial charge in [-0.25, -0.2) is 4.98 Å². The molecule has 0 radical (unpaired) electrons. The van der Waals surface area contributed by atoms with Crippen LogP contribution in [0.5, 0.6) is 0 Å². The number of anilines is 1. The van der Waals surface area contributed by atoms with E-state index in [1.807, 2.05) is 18.2 Å². The van der Waals surface area contributed by atoms with Crippen LogP contribution in [0.3, 0.4) is 0 Å². The van der Waals surface area contributed by atoms with E-state index in [1.165, 1.54) is 11.3 Å². The third kappa shape index (κ3) is 4.56. The van der Waals surface area contributed by atoms with Crippen LogP contribution in [0.15, 0.2) is 63.7 Å². The molecular weight excluding hydrogens is 418 g/mol. The van der Waals surface area contributed by atoms with Crippen molar-refractivity contribution in [3.8, 4) is 22.2 Å². The van der Waals surface area contributed by atoms with E-state index in [0.29, 0.717) is 22.0 Å². The monoisotopic (exact) mass is 429 g/mol. The molecule has 1 N–H and O–H groups in total. The van der Waals surface area contributed by atoms with E-state index in [4.69, 9.17) is 16.0 Å². The topological polar surface area (TPSA) is 93.8 Å². The van der Waals surface area contributed by atoms with Crippen molar-refractivity contribution in [2.75, 3.05) is 11.1 Å². The van der Waals surface area contributed by atoms with E-state index in [0.717, 1.165) is 28.0 Å². The summed E-state index contributed by atoms with van der Waals surface area (Å²) in [6.45, 7) is 0. The summed E-state index contributed by atoms with van der Waals surface area (Å²) in [5.41, 5.74) is 1.53. The van der Waals surface area contributed by atoms with E-state index in [9.17, 15) is 4.79 Å². The fourth-order valence-electron chi connectivity index (χ4n) is 2.22. The molecule has 0 aliphatic heterocycles. The molecule has 0 spiro atoms. The van der Waals surface area contributed by atoms with Crippen molar-refractivity contribution in [1.29, 1.82) is 0 Å². The third-order valence-electron chi connectivity index (χ3n) is 3.48. The van der Waals surface area contributed by atoms with Gasteiger partial charge in [0.05, 0.1) is 11.4 Å². The number of halogens is 1. The molecule has 0 fully saturated rings. The molecule has 4 rings (SSSR count). The first-order chi connectivity index (χ1) is 13.7. The van der Waals surface area contributed by atoms with Crippen LogP contribution in [0.25, 0.3) is 22.2 Å². The normalized spacial score (nSPS) is 10.8. The number of nitrogens with zero attached hydrogens (tertiary/aromatic N) is 4. The fourth-order valence-corrected chi connectivity index (χ4v) is 3.64. The molecular formula is C18H12ClN5O2S2. The zero-order valence-electron chi connectivity index (χ0n) is 14.2. The lowest BCUT2D eigenvalue weighted by Gasteiger charge is -1.99. The minimum absolute atomic E-state index is 0.124. The second-order valence-electron chi connectivity index (χ2n) is 5.47. The number of carbonyl (C=O) groups is 1. The van der Waals surface area contributed by atoms with Crippen LogP contribution < -0.4 is 5.32 Å². The predicted octanol–water partition coefficient (Wildman–Crippen LogP) is 4.64. The van der Waals surface area contributed by atoms with Crippen LogP contribution in [-0.2, 0) is 4.79 Å². The van der Waals surface area contributed by atoms with Crippen LogP contribution in [0, 0.1) is 0 Å². The minimum atomic E-state index is -0.214. The lowest BCUT2D eigenvalue weighted by molar-refractivity contribution is -0.113. The van der Waals surface area contributed by atoms with Crippen molar-refractivity contribution in [2.45, 2.75) is 5.22 Å². The third-order valence-corrected chi connectivity index (χ3v) is 5.42. The van der Waals surface area contributed by atoms with Crippen molar-refractivity contribution in [3.63, 3.8) is 0 Å². The molecule has 0 saturated heterocycles. The van der Waals surface area contributed by atoms with Gasteiger partial charge in [-0.1, -0.05) is 29.4 Å². The van der Waals surface area contributed by atoms with Crippen LogP contribution >= 0.6 is 34.7 Å². The Bertz CT molecular complexity index is 1080. The zero-order valence-corrected chi connectivity index (χ0v) is 16.6. The SMILES string of the molecule is O=C(CSc1nnc(-c2ccc(Cl)cc2)o1)Nc1csc(-c2ccccn2)n1. The summed E-state index contributed by atoms with van der Waals surface area (Å²) in [6, 6.07) is 12.7. The summed E-state index contributed by atoms with van der Waals surface area (Å²) < 4.78 is 5.57. The molecule has 0 unspecified atom stereocenters. The van der Waals surface area contributed by atoms with Gasteiger partial charge in [0.1, 0.15) is 10.8 Å². The number of nitrogens with one attached hydrogen (secondary N) is 1. The average molecular weight is 430 g/mol. The van der Waals surface area contributed by atoms with Gasteiger partial charge in [-0.2, -0.15) is 0 Å². The summed E-state index contributed by atoms with van der Waals surface area (Å²) in [4.78, 5) is 20.8. The molecule has 1 aromatic carbocycles. The van der Waals surface area contributed by atoms with Crippen molar-refractivity contribution < 1.29 is 9.21 Å². The van der Waals surface area contributed by atoms with E-state index in [-0.39, 0.29) is 11.7 Å². The number of amides is 1. The van der Waals surface area contributed by atoms with Crippen molar-refractivity contribution in [3.05, 3.63) is 59.1 Å². The first kappa shape index (κ1) is 18.6. The Hall–Kier alpha value is -2.75. The number of rotatable bonds is 6. The standard InChI is InChI=1S/C18H12ClN5O2S2/c19-12-6-4-11(5-7-12)16-23-24-18(26-16)28-10-15(25)21-14-9-27-17(22-14)13-3-1-2-8-20-13/h1-9H,10H2,(H,21,25). The fraction of sp³-hybridized carbons (Fsp3) is 0.0556. The molecule has 10 heteroatoms. The highest BCUT2D eigenvalue weighted by Gasteiger charge is 2.13. The minimum Gasteiger partial charge on any atom is -0.411 e. The maximum atomic E-state index is 12.2. The molecule has 0 atom stereocenters. The molecule has 0 aliphatic carbocycles. The Kier molecular flexibility index (Phi) is 5.65. The highest BCUT2D eigenvalue weighted by molar-refractivity contribution is 7.99. The number of aromatic nitrogens is 4.